The number of amides is 4. The van der Waals surface area contributed by atoms with Crippen LogP contribution in [0, 0.1) is 5.82 Å². The van der Waals surface area contributed by atoms with Crippen molar-refractivity contribution in [2.24, 2.45) is 0 Å². The number of halogens is 1. The molecule has 1 aromatic carbocycles. The van der Waals surface area contributed by atoms with Crippen LogP contribution in [0.15, 0.2) is 12.1 Å². The number of nitrogens with one attached hydrogen (secondary N) is 2. The Balaban J connectivity index is 2.28. The molecule has 0 aliphatic carbocycles. The molecule has 0 radical (unpaired) electrons. The number of anilines is 1. The number of nitrogens with zero attached hydrogens (tertiary/aromatic N) is 1. The SMILES string of the molecule is CC(=O)N1C(=O)CC1S(=O)(=O)NC(=O)Nc1c(C(C)C)cc(F)cc1C(C)C. The van der Waals surface area contributed by atoms with Crippen LogP contribution in [-0.4, -0.2) is 36.5 Å². The third-order valence-electron chi connectivity index (χ3n) is 4.48. The van der Waals surface area contributed by atoms with Crippen LogP contribution < -0.4 is 10.0 Å². The molecule has 2 rings (SSSR count). The van der Waals surface area contributed by atoms with Crippen LogP contribution in [0.3, 0.4) is 0 Å². The molecule has 1 atom stereocenters. The molecule has 1 aliphatic rings. The molecular formula is C18H24FN3O5S. The van der Waals surface area contributed by atoms with Crippen LogP contribution in [0.25, 0.3) is 0 Å². The monoisotopic (exact) mass is 413 g/mol. The Labute approximate surface area is 163 Å². The highest BCUT2D eigenvalue weighted by molar-refractivity contribution is 7.90. The first kappa shape index (κ1) is 21.8. The summed E-state index contributed by atoms with van der Waals surface area (Å²) in [4.78, 5) is 35.8. The molecule has 154 valence electrons. The Morgan fingerprint density at radius 2 is 1.64 bits per heavy atom. The zero-order chi connectivity index (χ0) is 21.4. The molecule has 1 aliphatic heterocycles. The van der Waals surface area contributed by atoms with Gasteiger partial charge in [-0.15, -0.1) is 0 Å². The van der Waals surface area contributed by atoms with Crippen molar-refractivity contribution in [3.63, 3.8) is 0 Å². The number of hydrogen-bond acceptors (Lipinski definition) is 5. The molecule has 1 fully saturated rings. The minimum atomic E-state index is -4.30. The van der Waals surface area contributed by atoms with Crippen molar-refractivity contribution >= 4 is 33.6 Å². The fourth-order valence-electron chi connectivity index (χ4n) is 3.06. The van der Waals surface area contributed by atoms with Crippen LogP contribution in [-0.2, 0) is 19.6 Å². The van der Waals surface area contributed by atoms with Gasteiger partial charge in [0.05, 0.1) is 6.42 Å². The molecule has 0 bridgehead atoms. The molecule has 4 amide bonds. The van der Waals surface area contributed by atoms with Gasteiger partial charge in [0, 0.05) is 12.6 Å². The lowest BCUT2D eigenvalue weighted by molar-refractivity contribution is -0.153. The fraction of sp³-hybridized carbons (Fsp3) is 0.500. The highest BCUT2D eigenvalue weighted by Crippen LogP contribution is 2.33. The van der Waals surface area contributed by atoms with Crippen molar-refractivity contribution in [1.82, 2.24) is 9.62 Å². The number of imide groups is 1. The van der Waals surface area contributed by atoms with Gasteiger partial charge < -0.3 is 5.32 Å². The average molecular weight is 413 g/mol. The van der Waals surface area contributed by atoms with Gasteiger partial charge in [-0.2, -0.15) is 0 Å². The van der Waals surface area contributed by atoms with Gasteiger partial charge in [0.25, 0.3) is 10.0 Å². The number of benzene rings is 1. The number of likely N-dealkylation sites (tertiary alicyclic amines) is 1. The molecule has 1 heterocycles. The van der Waals surface area contributed by atoms with Crippen molar-refractivity contribution in [3.8, 4) is 0 Å². The highest BCUT2D eigenvalue weighted by atomic mass is 32.2. The van der Waals surface area contributed by atoms with Gasteiger partial charge >= 0.3 is 6.03 Å². The summed E-state index contributed by atoms with van der Waals surface area (Å²) < 4.78 is 40.6. The van der Waals surface area contributed by atoms with E-state index in [4.69, 9.17) is 0 Å². The number of urea groups is 1. The highest BCUT2D eigenvalue weighted by Gasteiger charge is 2.48. The molecule has 0 aromatic heterocycles. The van der Waals surface area contributed by atoms with Crippen molar-refractivity contribution < 1.29 is 27.2 Å². The van der Waals surface area contributed by atoms with E-state index in [9.17, 15) is 27.2 Å². The van der Waals surface area contributed by atoms with E-state index < -0.39 is 39.1 Å². The van der Waals surface area contributed by atoms with E-state index in [-0.39, 0.29) is 18.3 Å². The number of carbonyl (C=O) groups is 3. The molecular weight excluding hydrogens is 389 g/mol. The fourth-order valence-corrected chi connectivity index (χ4v) is 4.41. The smallest absolute Gasteiger partial charge is 0.307 e. The minimum absolute atomic E-state index is 0.127. The van der Waals surface area contributed by atoms with E-state index in [2.05, 4.69) is 5.32 Å². The van der Waals surface area contributed by atoms with Gasteiger partial charge in [0.1, 0.15) is 5.82 Å². The lowest BCUT2D eigenvalue weighted by Gasteiger charge is -2.36. The molecule has 28 heavy (non-hydrogen) atoms. The zero-order valence-electron chi connectivity index (χ0n) is 16.4. The second-order valence-corrected chi connectivity index (χ2v) is 9.15. The van der Waals surface area contributed by atoms with Crippen molar-refractivity contribution in [1.29, 1.82) is 0 Å². The molecule has 0 spiro atoms. The minimum Gasteiger partial charge on any atom is -0.307 e. The van der Waals surface area contributed by atoms with Crippen LogP contribution in [0.4, 0.5) is 14.9 Å². The summed E-state index contributed by atoms with van der Waals surface area (Å²) in [6, 6.07) is 1.55. The Morgan fingerprint density at radius 3 is 2.04 bits per heavy atom. The molecule has 8 nitrogen and oxygen atoms in total. The standard InChI is InChI=1S/C18H24FN3O5S/c1-9(2)13-6-12(19)7-14(10(3)4)17(13)20-18(25)21-28(26,27)16-8-15(24)22(16)11(5)23/h6-7,9-10,16H,8H2,1-5H3,(H2,20,21,25). The third-order valence-corrected chi connectivity index (χ3v) is 6.05. The van der Waals surface area contributed by atoms with Gasteiger partial charge in [0.2, 0.25) is 11.8 Å². The van der Waals surface area contributed by atoms with Crippen LogP contribution in [0.2, 0.25) is 0 Å². The van der Waals surface area contributed by atoms with Gasteiger partial charge in [-0.05, 0) is 35.1 Å². The van der Waals surface area contributed by atoms with Crippen LogP contribution in [0.1, 0.15) is 64.0 Å². The van der Waals surface area contributed by atoms with Crippen molar-refractivity contribution in [2.75, 3.05) is 5.32 Å². The first-order valence-corrected chi connectivity index (χ1v) is 10.4. The van der Waals surface area contributed by atoms with Gasteiger partial charge in [0.15, 0.2) is 5.37 Å². The normalized spacial score (nSPS) is 16.9. The Morgan fingerprint density at radius 1 is 1.14 bits per heavy atom. The summed E-state index contributed by atoms with van der Waals surface area (Å²) in [5.74, 6) is -2.04. The molecule has 1 aromatic rings. The lowest BCUT2D eigenvalue weighted by Crippen LogP contribution is -2.61. The zero-order valence-corrected chi connectivity index (χ0v) is 17.2. The number of hydrogen-bond donors (Lipinski definition) is 2. The van der Waals surface area contributed by atoms with Crippen LogP contribution >= 0.6 is 0 Å². The average Bonchev–Trinajstić information content (AvgIpc) is 2.51. The van der Waals surface area contributed by atoms with E-state index in [1.165, 1.54) is 12.1 Å². The molecule has 2 N–H and O–H groups in total. The molecule has 1 unspecified atom stereocenters. The first-order chi connectivity index (χ1) is 12.8. The van der Waals surface area contributed by atoms with E-state index in [1.54, 1.807) is 0 Å². The largest absolute Gasteiger partial charge is 0.332 e. The van der Waals surface area contributed by atoms with Crippen LogP contribution in [0.5, 0.6) is 0 Å². The number of rotatable bonds is 5. The van der Waals surface area contributed by atoms with E-state index in [0.29, 0.717) is 21.7 Å². The number of sulfonamides is 1. The predicted molar refractivity (Wildman–Crippen MR) is 102 cm³/mol. The van der Waals surface area contributed by atoms with E-state index in [0.717, 1.165) is 6.92 Å². The summed E-state index contributed by atoms with van der Waals surface area (Å²) >= 11 is 0. The van der Waals surface area contributed by atoms with E-state index >= 15 is 0 Å². The van der Waals surface area contributed by atoms with Gasteiger partial charge in [-0.3, -0.25) is 14.5 Å². The molecule has 0 saturated carbocycles. The summed E-state index contributed by atoms with van der Waals surface area (Å²) in [5.41, 5.74) is 1.40. The maximum absolute atomic E-state index is 14.0. The Kier molecular flexibility index (Phi) is 6.12. The second kappa shape index (κ2) is 7.86. The second-order valence-electron chi connectivity index (χ2n) is 7.31. The van der Waals surface area contributed by atoms with Crippen molar-refractivity contribution in [3.05, 3.63) is 29.1 Å². The number of carbonyl (C=O) groups excluding carboxylic acids is 3. The summed E-state index contributed by atoms with van der Waals surface area (Å²) in [6.07, 6.45) is -0.382. The Hall–Kier alpha value is -2.49. The summed E-state index contributed by atoms with van der Waals surface area (Å²) in [6.45, 7) is 8.36. The van der Waals surface area contributed by atoms with Gasteiger partial charge in [-0.25, -0.2) is 22.3 Å². The maximum atomic E-state index is 14.0. The predicted octanol–water partition coefficient (Wildman–Crippen LogP) is 2.63. The van der Waals surface area contributed by atoms with Gasteiger partial charge in [-0.1, -0.05) is 27.7 Å². The molecule has 1 saturated heterocycles. The van der Waals surface area contributed by atoms with Crippen molar-refractivity contribution in [2.45, 2.75) is 58.2 Å². The van der Waals surface area contributed by atoms with E-state index in [1.807, 2.05) is 32.4 Å². The topological polar surface area (TPSA) is 113 Å². The first-order valence-electron chi connectivity index (χ1n) is 8.83. The maximum Gasteiger partial charge on any atom is 0.332 e. The summed E-state index contributed by atoms with van der Waals surface area (Å²) in [5, 5.41) is 1.07. The molecule has 10 heteroatoms. The number of β-lactam (4-membered cyclic amide) rings is 1. The quantitative estimate of drug-likeness (QED) is 0.721. The summed E-state index contributed by atoms with van der Waals surface area (Å²) in [7, 11) is -4.30. The third kappa shape index (κ3) is 4.32. The Bertz CT molecular complexity index is 890. The lowest BCUT2D eigenvalue weighted by atomic mass is 9.92.